The van der Waals surface area contributed by atoms with Crippen LogP contribution in [0.25, 0.3) is 16.7 Å². The number of hydrogen-bond acceptors (Lipinski definition) is 4. The fraction of sp³-hybridized carbons (Fsp3) is 0.0625. The standard InChI is InChI=1S/C16H14N6/c1-11-14(22-9-5-4-8-15(22)18-11)10-17-21-16-19-12-6-2-3-7-13(12)20-16/h2-10H,1H3,(H2,19,20,21)/b17-10-. The molecule has 1 aromatic carbocycles. The lowest BCUT2D eigenvalue weighted by atomic mass is 10.3. The van der Waals surface area contributed by atoms with Crippen molar-refractivity contribution in [1.82, 2.24) is 19.4 Å². The average Bonchev–Trinajstić information content (AvgIpc) is 3.08. The highest BCUT2D eigenvalue weighted by molar-refractivity contribution is 5.82. The Balaban J connectivity index is 1.62. The SMILES string of the molecule is Cc1nc2ccccn2c1/C=N\Nc1nc2ccccc2[nH]1. The van der Waals surface area contributed by atoms with Crippen molar-refractivity contribution < 1.29 is 0 Å². The van der Waals surface area contributed by atoms with Gasteiger partial charge in [-0.3, -0.25) is 4.40 Å². The number of fused-ring (bicyclic) bond motifs is 2. The van der Waals surface area contributed by atoms with Gasteiger partial charge < -0.3 is 4.98 Å². The Morgan fingerprint density at radius 3 is 2.91 bits per heavy atom. The molecule has 0 aliphatic rings. The summed E-state index contributed by atoms with van der Waals surface area (Å²) >= 11 is 0. The van der Waals surface area contributed by atoms with Gasteiger partial charge in [-0.2, -0.15) is 5.10 Å². The van der Waals surface area contributed by atoms with Crippen molar-refractivity contribution >= 4 is 28.8 Å². The molecule has 4 rings (SSSR count). The van der Waals surface area contributed by atoms with Crippen molar-refractivity contribution in [3.8, 4) is 0 Å². The predicted octanol–water partition coefficient (Wildman–Crippen LogP) is 2.97. The highest BCUT2D eigenvalue weighted by Gasteiger charge is 2.05. The first-order chi connectivity index (χ1) is 10.8. The number of imidazole rings is 2. The Kier molecular flexibility index (Phi) is 2.86. The number of benzene rings is 1. The third-order valence-corrected chi connectivity index (χ3v) is 3.50. The highest BCUT2D eigenvalue weighted by atomic mass is 15.4. The number of para-hydroxylation sites is 2. The summed E-state index contributed by atoms with van der Waals surface area (Å²) in [5.74, 6) is 0.615. The van der Waals surface area contributed by atoms with Crippen molar-refractivity contribution in [2.24, 2.45) is 5.10 Å². The number of nitrogens with zero attached hydrogens (tertiary/aromatic N) is 4. The lowest BCUT2D eigenvalue weighted by Crippen LogP contribution is -1.96. The van der Waals surface area contributed by atoms with E-state index in [1.165, 1.54) is 0 Å². The molecule has 0 saturated heterocycles. The van der Waals surface area contributed by atoms with E-state index in [9.17, 15) is 0 Å². The fourth-order valence-corrected chi connectivity index (χ4v) is 2.45. The van der Waals surface area contributed by atoms with E-state index in [0.29, 0.717) is 5.95 Å². The molecule has 0 saturated carbocycles. The Morgan fingerprint density at radius 1 is 1.14 bits per heavy atom. The molecule has 6 heteroatoms. The van der Waals surface area contributed by atoms with Crippen molar-refractivity contribution in [2.75, 3.05) is 5.43 Å². The van der Waals surface area contributed by atoms with Gasteiger partial charge in [0.2, 0.25) is 5.95 Å². The van der Waals surface area contributed by atoms with Gasteiger partial charge >= 0.3 is 0 Å². The molecular weight excluding hydrogens is 276 g/mol. The van der Waals surface area contributed by atoms with Gasteiger partial charge in [0.25, 0.3) is 0 Å². The molecule has 0 bridgehead atoms. The number of rotatable bonds is 3. The van der Waals surface area contributed by atoms with Crippen molar-refractivity contribution in [3.05, 3.63) is 60.0 Å². The van der Waals surface area contributed by atoms with E-state index < -0.39 is 0 Å². The molecule has 0 unspecified atom stereocenters. The van der Waals surface area contributed by atoms with Crippen LogP contribution in [0, 0.1) is 6.92 Å². The van der Waals surface area contributed by atoms with Crippen LogP contribution in [0.5, 0.6) is 0 Å². The van der Waals surface area contributed by atoms with Crippen LogP contribution < -0.4 is 5.43 Å². The molecule has 6 nitrogen and oxygen atoms in total. The van der Waals surface area contributed by atoms with Gasteiger partial charge in [-0.25, -0.2) is 15.4 Å². The molecule has 3 aromatic heterocycles. The van der Waals surface area contributed by atoms with Crippen LogP contribution in [0.2, 0.25) is 0 Å². The van der Waals surface area contributed by atoms with Crippen molar-refractivity contribution in [3.63, 3.8) is 0 Å². The Hall–Kier alpha value is -3.15. The lowest BCUT2D eigenvalue weighted by molar-refractivity contribution is 1.15. The van der Waals surface area contributed by atoms with Crippen LogP contribution >= 0.6 is 0 Å². The topological polar surface area (TPSA) is 70.4 Å². The molecule has 0 amide bonds. The maximum Gasteiger partial charge on any atom is 0.222 e. The lowest BCUT2D eigenvalue weighted by Gasteiger charge is -1.96. The van der Waals surface area contributed by atoms with Crippen LogP contribution in [0.1, 0.15) is 11.4 Å². The molecule has 108 valence electrons. The first-order valence-electron chi connectivity index (χ1n) is 6.99. The molecule has 0 aliphatic carbocycles. The first-order valence-corrected chi connectivity index (χ1v) is 6.99. The molecular formula is C16H14N6. The smallest absolute Gasteiger partial charge is 0.222 e. The fourth-order valence-electron chi connectivity index (χ4n) is 2.45. The van der Waals surface area contributed by atoms with E-state index in [2.05, 4.69) is 25.5 Å². The number of aromatic nitrogens is 4. The summed E-state index contributed by atoms with van der Waals surface area (Å²) in [6.07, 6.45) is 3.72. The van der Waals surface area contributed by atoms with Crippen LogP contribution in [-0.4, -0.2) is 25.6 Å². The Morgan fingerprint density at radius 2 is 2.00 bits per heavy atom. The van der Waals surface area contributed by atoms with E-state index in [0.717, 1.165) is 28.1 Å². The number of hydrazone groups is 1. The summed E-state index contributed by atoms with van der Waals surface area (Å²) in [6, 6.07) is 13.8. The third-order valence-electron chi connectivity index (χ3n) is 3.50. The number of H-pyrrole nitrogens is 1. The van der Waals surface area contributed by atoms with Crippen LogP contribution in [0.4, 0.5) is 5.95 Å². The largest absolute Gasteiger partial charge is 0.323 e. The summed E-state index contributed by atoms with van der Waals surface area (Å²) in [4.78, 5) is 12.1. The number of hydrogen-bond donors (Lipinski definition) is 2. The molecule has 0 radical (unpaired) electrons. The summed E-state index contributed by atoms with van der Waals surface area (Å²) < 4.78 is 2.00. The number of aromatic amines is 1. The van der Waals surface area contributed by atoms with E-state index in [4.69, 9.17) is 0 Å². The van der Waals surface area contributed by atoms with Crippen LogP contribution in [0.15, 0.2) is 53.8 Å². The van der Waals surface area contributed by atoms with Gasteiger partial charge in [-0.1, -0.05) is 18.2 Å². The monoisotopic (exact) mass is 290 g/mol. The maximum atomic E-state index is 4.49. The van der Waals surface area contributed by atoms with Crippen LogP contribution in [-0.2, 0) is 0 Å². The molecule has 22 heavy (non-hydrogen) atoms. The zero-order chi connectivity index (χ0) is 14.9. The zero-order valence-electron chi connectivity index (χ0n) is 12.0. The highest BCUT2D eigenvalue weighted by Crippen LogP contribution is 2.13. The number of nitrogens with one attached hydrogen (secondary N) is 2. The molecule has 4 aromatic rings. The number of pyridine rings is 1. The van der Waals surface area contributed by atoms with E-state index >= 15 is 0 Å². The Bertz CT molecular complexity index is 946. The molecule has 0 spiro atoms. The third kappa shape index (κ3) is 2.10. The number of aryl methyl sites for hydroxylation is 1. The van der Waals surface area contributed by atoms with Gasteiger partial charge in [0, 0.05) is 6.20 Å². The zero-order valence-corrected chi connectivity index (χ0v) is 12.0. The quantitative estimate of drug-likeness (QED) is 0.450. The summed E-state index contributed by atoms with van der Waals surface area (Å²) in [5, 5.41) is 4.26. The van der Waals surface area contributed by atoms with Crippen molar-refractivity contribution in [1.29, 1.82) is 0 Å². The summed E-state index contributed by atoms with van der Waals surface area (Å²) in [6.45, 7) is 1.97. The van der Waals surface area contributed by atoms with Crippen molar-refractivity contribution in [2.45, 2.75) is 6.92 Å². The molecule has 0 aliphatic heterocycles. The first kappa shape index (κ1) is 12.6. The van der Waals surface area contributed by atoms with E-state index in [1.807, 2.05) is 60.0 Å². The molecule has 3 heterocycles. The minimum absolute atomic E-state index is 0.615. The average molecular weight is 290 g/mol. The Labute approximate surface area is 126 Å². The predicted molar refractivity (Wildman–Crippen MR) is 87.2 cm³/mol. The second-order valence-corrected chi connectivity index (χ2v) is 4.98. The van der Waals surface area contributed by atoms with Gasteiger partial charge in [-0.15, -0.1) is 0 Å². The van der Waals surface area contributed by atoms with Crippen LogP contribution in [0.3, 0.4) is 0 Å². The normalized spacial score (nSPS) is 11.7. The molecule has 0 fully saturated rings. The minimum Gasteiger partial charge on any atom is -0.323 e. The van der Waals surface area contributed by atoms with Gasteiger partial charge in [-0.05, 0) is 31.2 Å². The summed E-state index contributed by atoms with van der Waals surface area (Å²) in [7, 11) is 0. The molecule has 0 atom stereocenters. The van der Waals surface area contributed by atoms with Gasteiger partial charge in [0.1, 0.15) is 5.65 Å². The maximum absolute atomic E-state index is 4.49. The van der Waals surface area contributed by atoms with E-state index in [1.54, 1.807) is 6.21 Å². The summed E-state index contributed by atoms with van der Waals surface area (Å²) in [5.41, 5.74) is 7.60. The minimum atomic E-state index is 0.615. The number of anilines is 1. The molecule has 2 N–H and O–H groups in total. The van der Waals surface area contributed by atoms with E-state index in [-0.39, 0.29) is 0 Å². The van der Waals surface area contributed by atoms with Gasteiger partial charge in [0.15, 0.2) is 0 Å². The van der Waals surface area contributed by atoms with Gasteiger partial charge in [0.05, 0.1) is 28.6 Å². The second-order valence-electron chi connectivity index (χ2n) is 4.98. The second kappa shape index (κ2) is 5.00.